The number of nitrogens with one attached hydrogen (secondary N) is 2. The Morgan fingerprint density at radius 3 is 2.64 bits per heavy atom. The highest BCUT2D eigenvalue weighted by Gasteiger charge is 2.29. The van der Waals surface area contributed by atoms with Gasteiger partial charge in [0.2, 0.25) is 11.7 Å². The summed E-state index contributed by atoms with van der Waals surface area (Å²) in [5.41, 5.74) is 2.97. The van der Waals surface area contributed by atoms with Gasteiger partial charge in [-0.05, 0) is 82.7 Å². The van der Waals surface area contributed by atoms with Crippen molar-refractivity contribution in [3.05, 3.63) is 89.1 Å². The molecule has 5 aromatic rings. The minimum Gasteiger partial charge on any atom is -0.605 e. The Bertz CT molecular complexity index is 1880. The van der Waals surface area contributed by atoms with Gasteiger partial charge >= 0.3 is 0 Å². The normalized spacial score (nSPS) is 18.3. The number of hydrogen-bond donors (Lipinski definition) is 2. The van der Waals surface area contributed by atoms with E-state index in [4.69, 9.17) is 9.40 Å². The van der Waals surface area contributed by atoms with Gasteiger partial charge in [-0.15, -0.1) is 0 Å². The molecule has 2 N–H and O–H groups in total. The van der Waals surface area contributed by atoms with Crippen molar-refractivity contribution in [3.8, 4) is 0 Å². The van der Waals surface area contributed by atoms with Crippen LogP contribution in [0.1, 0.15) is 49.5 Å². The third kappa shape index (κ3) is 6.61. The topological polar surface area (TPSA) is 140 Å². The molecule has 47 heavy (non-hydrogen) atoms. The van der Waals surface area contributed by atoms with Crippen molar-refractivity contribution in [2.45, 2.75) is 60.7 Å². The van der Waals surface area contributed by atoms with Crippen LogP contribution in [0, 0.1) is 0 Å². The lowest BCUT2D eigenvalue weighted by Gasteiger charge is -2.33. The number of benzene rings is 1. The number of piperidine rings is 2. The number of likely N-dealkylation sites (tertiary alicyclic amines) is 1. The molecule has 2 aliphatic rings. The Morgan fingerprint density at radius 2 is 1.87 bits per heavy atom. The zero-order valence-corrected chi connectivity index (χ0v) is 27.4. The molecule has 7 rings (SSSR count). The Morgan fingerprint density at radius 1 is 1.09 bits per heavy atom. The first-order chi connectivity index (χ1) is 23.0. The Labute approximate surface area is 276 Å². The van der Waals surface area contributed by atoms with Crippen molar-refractivity contribution < 1.29 is 8.97 Å². The highest BCUT2D eigenvalue weighted by molar-refractivity contribution is 7.91. The highest BCUT2D eigenvalue weighted by atomic mass is 32.2. The fourth-order valence-corrected chi connectivity index (χ4v) is 7.69. The van der Waals surface area contributed by atoms with Gasteiger partial charge in [0, 0.05) is 83.4 Å². The lowest BCUT2D eigenvalue weighted by atomic mass is 9.96. The van der Waals surface area contributed by atoms with Gasteiger partial charge in [0.1, 0.15) is 5.65 Å². The molecule has 2 atom stereocenters. The second kappa shape index (κ2) is 13.8. The van der Waals surface area contributed by atoms with Gasteiger partial charge in [-0.3, -0.25) is 19.2 Å². The van der Waals surface area contributed by atoms with E-state index in [1.807, 2.05) is 18.2 Å². The van der Waals surface area contributed by atoms with Crippen LogP contribution < -0.4 is 21.1 Å². The van der Waals surface area contributed by atoms with Crippen molar-refractivity contribution in [1.29, 1.82) is 0 Å². The van der Waals surface area contributed by atoms with Crippen LogP contribution in [0.5, 0.6) is 0 Å². The molecular formula is C34H39N9O3S. The van der Waals surface area contributed by atoms with Crippen LogP contribution >= 0.6 is 0 Å². The molecule has 0 spiro atoms. The second-order valence-corrected chi connectivity index (χ2v) is 13.6. The van der Waals surface area contributed by atoms with E-state index >= 15 is 0 Å². The van der Waals surface area contributed by atoms with Gasteiger partial charge in [-0.2, -0.15) is 9.97 Å². The molecule has 2 fully saturated rings. The Balaban J connectivity index is 1.23. The summed E-state index contributed by atoms with van der Waals surface area (Å²) in [5, 5.41) is 7.74. The Kier molecular flexibility index (Phi) is 9.21. The smallest absolute Gasteiger partial charge is 0.293 e. The number of hydrogen-bond acceptors (Lipinski definition) is 11. The molecule has 2 aliphatic heterocycles. The van der Waals surface area contributed by atoms with E-state index in [9.17, 15) is 9.35 Å². The minimum atomic E-state index is -1.62. The lowest BCUT2D eigenvalue weighted by Crippen LogP contribution is -2.41. The zero-order chi connectivity index (χ0) is 32.3. The van der Waals surface area contributed by atoms with Crippen LogP contribution in [0.15, 0.2) is 86.6 Å². The van der Waals surface area contributed by atoms with E-state index < -0.39 is 11.2 Å². The summed E-state index contributed by atoms with van der Waals surface area (Å²) in [5.74, 6) is 0.699. The van der Waals surface area contributed by atoms with Gasteiger partial charge in [0.15, 0.2) is 11.3 Å². The first kappa shape index (κ1) is 31.3. The SMILES string of the molecule is CN1CCCCC1c1cc2cnc(Nc3ccc(N(C)C4CCNCC4)cc3)nc2n(Cc2ocnc2[S+]([O-])c2ccncc2)c1=O. The van der Waals surface area contributed by atoms with Gasteiger partial charge in [0.25, 0.3) is 10.6 Å². The summed E-state index contributed by atoms with van der Waals surface area (Å²) in [7, 11) is 4.21. The van der Waals surface area contributed by atoms with Crippen molar-refractivity contribution in [3.63, 3.8) is 0 Å². The first-order valence-corrected chi connectivity index (χ1v) is 17.3. The van der Waals surface area contributed by atoms with Gasteiger partial charge in [-0.1, -0.05) is 6.42 Å². The molecule has 6 heterocycles. The summed E-state index contributed by atoms with van der Waals surface area (Å²) in [6.45, 7) is 3.02. The van der Waals surface area contributed by atoms with Crippen molar-refractivity contribution in [1.82, 2.24) is 34.7 Å². The standard InChI is InChI=1S/C34H39N9O3S/c1-41-18-4-3-5-29(41)28-19-23-20-37-34(39-24-6-8-25(9-7-24)42(2)26-10-14-35-15-11-26)40-31(23)43(33(28)44)21-30-32(38-22-46-30)47(45)27-12-16-36-17-13-27/h6-9,12-13,16-17,19-20,22,26,29,35H,3-5,10-11,14-15,18,21H2,1-2H3,(H,37,39,40). The molecule has 0 radical (unpaired) electrons. The van der Waals surface area contributed by atoms with Crippen molar-refractivity contribution in [2.24, 2.45) is 0 Å². The molecule has 0 aliphatic carbocycles. The molecule has 0 amide bonds. The molecule has 0 bridgehead atoms. The number of nitrogens with zero attached hydrogens (tertiary/aromatic N) is 7. The maximum absolute atomic E-state index is 14.3. The third-order valence-electron chi connectivity index (χ3n) is 9.32. The average molecular weight is 654 g/mol. The predicted molar refractivity (Wildman–Crippen MR) is 182 cm³/mol. The molecule has 244 valence electrons. The highest BCUT2D eigenvalue weighted by Crippen LogP contribution is 2.31. The molecule has 2 unspecified atom stereocenters. The van der Waals surface area contributed by atoms with Crippen molar-refractivity contribution in [2.75, 3.05) is 43.9 Å². The van der Waals surface area contributed by atoms with Crippen LogP contribution in [0.3, 0.4) is 0 Å². The van der Waals surface area contributed by atoms with E-state index in [2.05, 4.69) is 61.6 Å². The molecular weight excluding hydrogens is 615 g/mol. The maximum Gasteiger partial charge on any atom is 0.293 e. The van der Waals surface area contributed by atoms with Crippen molar-refractivity contribution >= 4 is 39.5 Å². The molecule has 13 heteroatoms. The number of oxazole rings is 1. The second-order valence-electron chi connectivity index (χ2n) is 12.3. The van der Waals surface area contributed by atoms with Crippen LogP contribution in [0.2, 0.25) is 0 Å². The minimum absolute atomic E-state index is 0.0138. The summed E-state index contributed by atoms with van der Waals surface area (Å²) in [6.07, 6.45) is 11.5. The summed E-state index contributed by atoms with van der Waals surface area (Å²) >= 11 is -1.62. The summed E-state index contributed by atoms with van der Waals surface area (Å²) < 4.78 is 20.8. The summed E-state index contributed by atoms with van der Waals surface area (Å²) in [6, 6.07) is 14.0. The summed E-state index contributed by atoms with van der Waals surface area (Å²) in [4.78, 5) is 37.2. The molecule has 4 aromatic heterocycles. The van der Waals surface area contributed by atoms with E-state index in [0.29, 0.717) is 33.9 Å². The monoisotopic (exact) mass is 653 g/mol. The largest absolute Gasteiger partial charge is 0.605 e. The van der Waals surface area contributed by atoms with Crippen LogP contribution in [0.25, 0.3) is 11.0 Å². The molecule has 1 aromatic carbocycles. The number of anilines is 3. The lowest BCUT2D eigenvalue weighted by molar-refractivity contribution is 0.186. The quantitative estimate of drug-likeness (QED) is 0.218. The zero-order valence-electron chi connectivity index (χ0n) is 26.6. The number of pyridine rings is 2. The van der Waals surface area contributed by atoms with Crippen LogP contribution in [-0.4, -0.2) is 73.7 Å². The fourth-order valence-electron chi connectivity index (χ4n) is 6.64. The number of aromatic nitrogens is 5. The molecule has 2 saturated heterocycles. The number of rotatable bonds is 9. The van der Waals surface area contributed by atoms with Gasteiger partial charge in [0.05, 0.1) is 6.54 Å². The van der Waals surface area contributed by atoms with Crippen LogP contribution in [-0.2, 0) is 17.7 Å². The Hall–Kier alpha value is -4.30. The maximum atomic E-state index is 14.3. The first-order valence-electron chi connectivity index (χ1n) is 16.1. The van der Waals surface area contributed by atoms with E-state index in [-0.39, 0.29) is 23.2 Å². The molecule has 0 saturated carbocycles. The molecule has 12 nitrogen and oxygen atoms in total. The predicted octanol–water partition coefficient (Wildman–Crippen LogP) is 4.48. The van der Waals surface area contributed by atoms with Gasteiger partial charge in [-0.25, -0.2) is 4.98 Å². The fraction of sp³-hybridized carbons (Fsp3) is 0.382. The van der Waals surface area contributed by atoms with Crippen LogP contribution in [0.4, 0.5) is 17.3 Å². The number of fused-ring (bicyclic) bond motifs is 1. The third-order valence-corrected chi connectivity index (χ3v) is 10.7. The van der Waals surface area contributed by atoms with E-state index in [0.717, 1.165) is 68.5 Å². The van der Waals surface area contributed by atoms with E-state index in [1.54, 1.807) is 35.3 Å². The average Bonchev–Trinajstić information content (AvgIpc) is 3.58. The van der Waals surface area contributed by atoms with E-state index in [1.165, 1.54) is 6.39 Å². The van der Waals surface area contributed by atoms with Gasteiger partial charge < -0.3 is 24.5 Å².